The number of anilines is 1. The fourth-order valence-corrected chi connectivity index (χ4v) is 1.52. The maximum absolute atomic E-state index is 11.1. The topological polar surface area (TPSA) is 50.4 Å². The minimum absolute atomic E-state index is 0.0514. The molecule has 0 fully saturated rings. The average Bonchev–Trinajstić information content (AvgIpc) is 2.41. The van der Waals surface area contributed by atoms with E-state index >= 15 is 0 Å². The predicted octanol–water partition coefficient (Wildman–Crippen LogP) is 2.41. The molecule has 0 spiro atoms. The van der Waals surface area contributed by atoms with Gasteiger partial charge >= 0.3 is 0 Å². The Kier molecular flexibility index (Phi) is 6.69. The van der Waals surface area contributed by atoms with Crippen molar-refractivity contribution in [2.24, 2.45) is 0 Å². The van der Waals surface area contributed by atoms with Crippen LogP contribution in [0, 0.1) is 0 Å². The average molecular weight is 250 g/mol. The summed E-state index contributed by atoms with van der Waals surface area (Å²) in [6.45, 7) is 3.20. The highest BCUT2D eigenvalue weighted by atomic mass is 16.5. The first-order valence-electron chi connectivity index (χ1n) is 6.43. The molecule has 1 amide bonds. The number of benzene rings is 1. The van der Waals surface area contributed by atoms with Crippen molar-refractivity contribution in [1.29, 1.82) is 0 Å². The van der Waals surface area contributed by atoms with Crippen LogP contribution in [-0.2, 0) is 4.79 Å². The van der Waals surface area contributed by atoms with Crippen molar-refractivity contribution in [2.45, 2.75) is 26.2 Å². The van der Waals surface area contributed by atoms with E-state index in [0.717, 1.165) is 12.2 Å². The summed E-state index contributed by atoms with van der Waals surface area (Å²) in [6, 6.07) is 7.68. The van der Waals surface area contributed by atoms with Gasteiger partial charge in [0.2, 0.25) is 0 Å². The van der Waals surface area contributed by atoms with Gasteiger partial charge in [0.15, 0.2) is 6.61 Å². The van der Waals surface area contributed by atoms with Gasteiger partial charge in [-0.1, -0.05) is 25.8 Å². The van der Waals surface area contributed by atoms with Crippen molar-refractivity contribution in [1.82, 2.24) is 5.32 Å². The molecule has 0 aliphatic carbocycles. The molecule has 0 atom stereocenters. The summed E-state index contributed by atoms with van der Waals surface area (Å²) in [5, 5.41) is 5.86. The summed E-state index contributed by atoms with van der Waals surface area (Å²) in [4.78, 5) is 11.1. The van der Waals surface area contributed by atoms with E-state index < -0.39 is 0 Å². The van der Waals surface area contributed by atoms with E-state index in [9.17, 15) is 4.79 Å². The van der Waals surface area contributed by atoms with Crippen LogP contribution in [0.3, 0.4) is 0 Å². The van der Waals surface area contributed by atoms with Gasteiger partial charge in [0.05, 0.1) is 0 Å². The zero-order chi connectivity index (χ0) is 13.2. The maximum Gasteiger partial charge on any atom is 0.257 e. The van der Waals surface area contributed by atoms with Crippen molar-refractivity contribution in [3.05, 3.63) is 24.3 Å². The molecule has 4 nitrogen and oxygen atoms in total. The van der Waals surface area contributed by atoms with E-state index in [-0.39, 0.29) is 12.5 Å². The second kappa shape index (κ2) is 8.39. The number of unbranched alkanes of at least 4 members (excludes halogenated alkanes) is 2. The third-order valence-electron chi connectivity index (χ3n) is 2.59. The van der Waals surface area contributed by atoms with Gasteiger partial charge in [0, 0.05) is 25.3 Å². The molecule has 0 aliphatic heterocycles. The van der Waals surface area contributed by atoms with E-state index in [4.69, 9.17) is 4.74 Å². The molecule has 0 heterocycles. The number of hydrogen-bond donors (Lipinski definition) is 2. The minimum atomic E-state index is -0.128. The summed E-state index contributed by atoms with van der Waals surface area (Å²) in [5.41, 5.74) is 1.03. The molecule has 0 unspecified atom stereocenters. The third-order valence-corrected chi connectivity index (χ3v) is 2.59. The van der Waals surface area contributed by atoms with Crippen molar-refractivity contribution in [3.8, 4) is 5.75 Å². The Morgan fingerprint density at radius 1 is 1.33 bits per heavy atom. The summed E-state index contributed by atoms with van der Waals surface area (Å²) < 4.78 is 5.37. The molecular formula is C14H22N2O2. The quantitative estimate of drug-likeness (QED) is 0.697. The van der Waals surface area contributed by atoms with Crippen molar-refractivity contribution in [3.63, 3.8) is 0 Å². The first-order chi connectivity index (χ1) is 8.76. The van der Waals surface area contributed by atoms with Crippen LogP contribution in [0.25, 0.3) is 0 Å². The molecule has 0 aliphatic rings. The Morgan fingerprint density at radius 2 is 2.17 bits per heavy atom. The largest absolute Gasteiger partial charge is 0.484 e. The number of amides is 1. The zero-order valence-corrected chi connectivity index (χ0v) is 11.2. The van der Waals surface area contributed by atoms with Gasteiger partial charge in [0.25, 0.3) is 5.91 Å². The molecule has 2 N–H and O–H groups in total. The highest BCUT2D eigenvalue weighted by molar-refractivity contribution is 5.77. The lowest BCUT2D eigenvalue weighted by atomic mass is 10.2. The highest BCUT2D eigenvalue weighted by Gasteiger charge is 2.00. The van der Waals surface area contributed by atoms with Gasteiger partial charge in [0.1, 0.15) is 5.75 Å². The summed E-state index contributed by atoms with van der Waals surface area (Å²) >= 11 is 0. The molecule has 1 rings (SSSR count). The van der Waals surface area contributed by atoms with Crippen LogP contribution < -0.4 is 15.4 Å². The number of nitrogens with one attached hydrogen (secondary N) is 2. The maximum atomic E-state index is 11.1. The summed E-state index contributed by atoms with van der Waals surface area (Å²) in [5.74, 6) is 0.579. The first kappa shape index (κ1) is 14.4. The second-order valence-electron chi connectivity index (χ2n) is 4.12. The Morgan fingerprint density at radius 3 is 2.89 bits per heavy atom. The normalized spacial score (nSPS) is 9.89. The minimum Gasteiger partial charge on any atom is -0.484 e. The molecule has 1 aromatic carbocycles. The van der Waals surface area contributed by atoms with Gasteiger partial charge in [-0.05, 0) is 18.6 Å². The van der Waals surface area contributed by atoms with Gasteiger partial charge in [-0.2, -0.15) is 0 Å². The van der Waals surface area contributed by atoms with Gasteiger partial charge in [-0.15, -0.1) is 0 Å². The van der Waals surface area contributed by atoms with Crippen LogP contribution >= 0.6 is 0 Å². The van der Waals surface area contributed by atoms with Crippen LogP contribution in [-0.4, -0.2) is 26.1 Å². The summed E-state index contributed by atoms with van der Waals surface area (Å²) in [6.07, 6.45) is 3.62. The van der Waals surface area contributed by atoms with Crippen molar-refractivity contribution < 1.29 is 9.53 Å². The molecule has 0 bridgehead atoms. The predicted molar refractivity (Wildman–Crippen MR) is 74.0 cm³/mol. The number of rotatable bonds is 8. The van der Waals surface area contributed by atoms with Gasteiger partial charge in [-0.3, -0.25) is 4.79 Å². The Hall–Kier alpha value is -1.71. The lowest BCUT2D eigenvalue weighted by Crippen LogP contribution is -2.24. The second-order valence-corrected chi connectivity index (χ2v) is 4.12. The summed E-state index contributed by atoms with van der Waals surface area (Å²) in [7, 11) is 1.59. The molecule has 18 heavy (non-hydrogen) atoms. The molecule has 0 aromatic heterocycles. The zero-order valence-electron chi connectivity index (χ0n) is 11.2. The van der Waals surface area contributed by atoms with Crippen molar-refractivity contribution in [2.75, 3.05) is 25.5 Å². The molecule has 0 radical (unpaired) electrons. The number of hydrogen-bond acceptors (Lipinski definition) is 3. The van der Waals surface area contributed by atoms with Crippen LogP contribution in [0.2, 0.25) is 0 Å². The Bertz CT molecular complexity index is 367. The number of carbonyl (C=O) groups excluding carboxylic acids is 1. The van der Waals surface area contributed by atoms with E-state index in [0.29, 0.717) is 5.75 Å². The fourth-order valence-electron chi connectivity index (χ4n) is 1.52. The standard InChI is InChI=1S/C14H22N2O2/c1-3-4-5-9-16-12-7-6-8-13(10-12)18-11-14(17)15-2/h6-8,10,16H,3-5,9,11H2,1-2H3,(H,15,17). The molecular weight excluding hydrogens is 228 g/mol. The number of carbonyl (C=O) groups is 1. The molecule has 100 valence electrons. The molecule has 0 saturated carbocycles. The smallest absolute Gasteiger partial charge is 0.257 e. The highest BCUT2D eigenvalue weighted by Crippen LogP contribution is 2.17. The van der Waals surface area contributed by atoms with Crippen LogP contribution in [0.1, 0.15) is 26.2 Å². The SMILES string of the molecule is CCCCCNc1cccc(OCC(=O)NC)c1. The fraction of sp³-hybridized carbons (Fsp3) is 0.500. The lowest BCUT2D eigenvalue weighted by molar-refractivity contribution is -0.122. The van der Waals surface area contributed by atoms with E-state index in [1.807, 2.05) is 24.3 Å². The third kappa shape index (κ3) is 5.57. The lowest BCUT2D eigenvalue weighted by Gasteiger charge is -2.09. The monoisotopic (exact) mass is 250 g/mol. The van der Waals surface area contributed by atoms with Gasteiger partial charge < -0.3 is 15.4 Å². The molecule has 1 aromatic rings. The van der Waals surface area contributed by atoms with Crippen molar-refractivity contribution >= 4 is 11.6 Å². The molecule has 0 saturated heterocycles. The Balaban J connectivity index is 2.39. The van der Waals surface area contributed by atoms with E-state index in [2.05, 4.69) is 17.6 Å². The number of likely N-dealkylation sites (N-methyl/N-ethyl adjacent to an activating group) is 1. The first-order valence-corrected chi connectivity index (χ1v) is 6.43. The van der Waals surface area contributed by atoms with Gasteiger partial charge in [-0.25, -0.2) is 0 Å². The Labute approximate surface area is 109 Å². The van der Waals surface area contributed by atoms with E-state index in [1.165, 1.54) is 19.3 Å². The number of ether oxygens (including phenoxy) is 1. The van der Waals surface area contributed by atoms with Crippen LogP contribution in [0.5, 0.6) is 5.75 Å². The molecule has 4 heteroatoms. The van der Waals surface area contributed by atoms with E-state index in [1.54, 1.807) is 7.05 Å². The van der Waals surface area contributed by atoms with Crippen LogP contribution in [0.15, 0.2) is 24.3 Å². The van der Waals surface area contributed by atoms with Crippen LogP contribution in [0.4, 0.5) is 5.69 Å².